The molecule has 0 spiro atoms. The molecule has 1 aliphatic carbocycles. The SMILES string of the molecule is CC(C)n1ncc(OC2CCCCC2)c1Cl. The lowest BCUT2D eigenvalue weighted by Gasteiger charge is -2.22. The van der Waals surface area contributed by atoms with Crippen LogP contribution in [0.15, 0.2) is 6.20 Å². The quantitative estimate of drug-likeness (QED) is 0.806. The van der Waals surface area contributed by atoms with Crippen LogP contribution in [0.3, 0.4) is 0 Å². The summed E-state index contributed by atoms with van der Waals surface area (Å²) in [6, 6.07) is 0.274. The smallest absolute Gasteiger partial charge is 0.176 e. The molecule has 0 amide bonds. The zero-order chi connectivity index (χ0) is 11.5. The van der Waals surface area contributed by atoms with Gasteiger partial charge < -0.3 is 4.74 Å². The molecule has 0 N–H and O–H groups in total. The number of hydrogen-bond donors (Lipinski definition) is 0. The van der Waals surface area contributed by atoms with Gasteiger partial charge in [-0.1, -0.05) is 18.0 Å². The number of halogens is 1. The minimum atomic E-state index is 0.274. The Kier molecular flexibility index (Phi) is 3.74. The summed E-state index contributed by atoms with van der Waals surface area (Å²) in [6.07, 6.45) is 8.21. The number of hydrogen-bond acceptors (Lipinski definition) is 2. The number of nitrogens with zero attached hydrogens (tertiary/aromatic N) is 2. The van der Waals surface area contributed by atoms with Crippen molar-refractivity contribution in [3.05, 3.63) is 11.3 Å². The van der Waals surface area contributed by atoms with Crippen molar-refractivity contribution in [3.8, 4) is 5.75 Å². The first-order chi connectivity index (χ1) is 7.68. The van der Waals surface area contributed by atoms with Crippen LogP contribution in [-0.4, -0.2) is 15.9 Å². The first-order valence-corrected chi connectivity index (χ1v) is 6.46. The lowest BCUT2D eigenvalue weighted by molar-refractivity contribution is 0.155. The first kappa shape index (κ1) is 11.8. The molecule has 0 atom stereocenters. The Balaban J connectivity index is 2.03. The number of ether oxygens (including phenoxy) is 1. The first-order valence-electron chi connectivity index (χ1n) is 6.08. The molecule has 0 aromatic carbocycles. The van der Waals surface area contributed by atoms with Gasteiger partial charge in [0.15, 0.2) is 10.9 Å². The molecule has 2 rings (SSSR count). The molecule has 0 bridgehead atoms. The van der Waals surface area contributed by atoms with Gasteiger partial charge in [0.25, 0.3) is 0 Å². The van der Waals surface area contributed by atoms with Gasteiger partial charge in [0.1, 0.15) is 0 Å². The number of aromatic nitrogens is 2. The van der Waals surface area contributed by atoms with Gasteiger partial charge in [-0.25, -0.2) is 4.68 Å². The van der Waals surface area contributed by atoms with E-state index in [1.54, 1.807) is 10.9 Å². The van der Waals surface area contributed by atoms with E-state index in [-0.39, 0.29) is 6.04 Å². The molecular weight excluding hydrogens is 224 g/mol. The summed E-state index contributed by atoms with van der Waals surface area (Å²) in [5.74, 6) is 0.738. The molecule has 1 aromatic rings. The predicted molar refractivity (Wildman–Crippen MR) is 65.1 cm³/mol. The molecule has 90 valence electrons. The maximum atomic E-state index is 6.21. The summed E-state index contributed by atoms with van der Waals surface area (Å²) in [7, 11) is 0. The van der Waals surface area contributed by atoms with Crippen molar-refractivity contribution in [1.29, 1.82) is 0 Å². The van der Waals surface area contributed by atoms with E-state index in [1.165, 1.54) is 19.3 Å². The van der Waals surface area contributed by atoms with Crippen molar-refractivity contribution in [2.45, 2.75) is 58.1 Å². The van der Waals surface area contributed by atoms with E-state index in [9.17, 15) is 0 Å². The van der Waals surface area contributed by atoms with Crippen LogP contribution in [0.25, 0.3) is 0 Å². The van der Waals surface area contributed by atoms with Crippen LogP contribution in [0.2, 0.25) is 5.15 Å². The molecule has 1 aromatic heterocycles. The third kappa shape index (κ3) is 2.51. The average Bonchev–Trinajstić information content (AvgIpc) is 2.62. The zero-order valence-electron chi connectivity index (χ0n) is 9.95. The molecule has 1 fully saturated rings. The highest BCUT2D eigenvalue weighted by Gasteiger charge is 2.19. The van der Waals surface area contributed by atoms with Crippen LogP contribution >= 0.6 is 11.6 Å². The van der Waals surface area contributed by atoms with Crippen molar-refractivity contribution in [2.24, 2.45) is 0 Å². The Morgan fingerprint density at radius 2 is 2.06 bits per heavy atom. The van der Waals surface area contributed by atoms with Gasteiger partial charge in [0.05, 0.1) is 12.3 Å². The standard InChI is InChI=1S/C12H19ClN2O/c1-9(2)15-12(13)11(8-14-15)16-10-6-4-3-5-7-10/h8-10H,3-7H2,1-2H3. The topological polar surface area (TPSA) is 27.1 Å². The minimum Gasteiger partial charge on any atom is -0.486 e. The van der Waals surface area contributed by atoms with Gasteiger partial charge in [0, 0.05) is 6.04 Å². The molecule has 4 heteroatoms. The molecule has 1 aliphatic rings. The Labute approximate surface area is 102 Å². The van der Waals surface area contributed by atoms with Gasteiger partial charge in [0.2, 0.25) is 0 Å². The maximum Gasteiger partial charge on any atom is 0.176 e. The molecule has 3 nitrogen and oxygen atoms in total. The largest absolute Gasteiger partial charge is 0.486 e. The summed E-state index contributed by atoms with van der Waals surface area (Å²) in [4.78, 5) is 0. The van der Waals surface area contributed by atoms with Crippen molar-refractivity contribution < 1.29 is 4.74 Å². The molecule has 1 saturated carbocycles. The molecule has 1 heterocycles. The fraction of sp³-hybridized carbons (Fsp3) is 0.750. The van der Waals surface area contributed by atoms with Gasteiger partial charge >= 0.3 is 0 Å². The van der Waals surface area contributed by atoms with Crippen LogP contribution in [0.5, 0.6) is 5.75 Å². The molecule has 0 aliphatic heterocycles. The highest BCUT2D eigenvalue weighted by Crippen LogP contribution is 2.30. The monoisotopic (exact) mass is 242 g/mol. The Bertz CT molecular complexity index is 343. The second-order valence-electron chi connectivity index (χ2n) is 4.72. The molecule has 16 heavy (non-hydrogen) atoms. The van der Waals surface area contributed by atoms with Crippen LogP contribution in [0, 0.1) is 0 Å². The summed E-state index contributed by atoms with van der Waals surface area (Å²) >= 11 is 6.21. The van der Waals surface area contributed by atoms with Crippen LogP contribution in [0.4, 0.5) is 0 Å². The van der Waals surface area contributed by atoms with E-state index < -0.39 is 0 Å². The van der Waals surface area contributed by atoms with E-state index in [2.05, 4.69) is 18.9 Å². The predicted octanol–water partition coefficient (Wildman–Crippen LogP) is 3.83. The van der Waals surface area contributed by atoms with Crippen molar-refractivity contribution in [2.75, 3.05) is 0 Å². The maximum absolute atomic E-state index is 6.21. The summed E-state index contributed by atoms with van der Waals surface area (Å²) in [5, 5.41) is 4.87. The Hall–Kier alpha value is -0.700. The van der Waals surface area contributed by atoms with Crippen LogP contribution < -0.4 is 4.74 Å². The summed E-state index contributed by atoms with van der Waals surface area (Å²) in [5.41, 5.74) is 0. The van der Waals surface area contributed by atoms with Gasteiger partial charge in [-0.05, 0) is 39.5 Å². The van der Waals surface area contributed by atoms with Crippen molar-refractivity contribution in [3.63, 3.8) is 0 Å². The fourth-order valence-corrected chi connectivity index (χ4v) is 2.47. The van der Waals surface area contributed by atoms with E-state index in [0.29, 0.717) is 11.3 Å². The Morgan fingerprint density at radius 3 is 2.62 bits per heavy atom. The normalized spacial score (nSPS) is 18.0. The highest BCUT2D eigenvalue weighted by atomic mass is 35.5. The second-order valence-corrected chi connectivity index (χ2v) is 5.07. The van der Waals surface area contributed by atoms with E-state index in [0.717, 1.165) is 18.6 Å². The second kappa shape index (κ2) is 5.09. The van der Waals surface area contributed by atoms with Gasteiger partial charge in [-0.3, -0.25) is 0 Å². The zero-order valence-corrected chi connectivity index (χ0v) is 10.7. The third-order valence-corrected chi connectivity index (χ3v) is 3.40. The minimum absolute atomic E-state index is 0.274. The average molecular weight is 243 g/mol. The number of rotatable bonds is 3. The molecular formula is C12H19ClN2O. The van der Waals surface area contributed by atoms with Crippen molar-refractivity contribution >= 4 is 11.6 Å². The van der Waals surface area contributed by atoms with Crippen LogP contribution in [0.1, 0.15) is 52.0 Å². The summed E-state index contributed by atoms with van der Waals surface area (Å²) < 4.78 is 7.69. The van der Waals surface area contributed by atoms with Crippen molar-refractivity contribution in [1.82, 2.24) is 9.78 Å². The lowest BCUT2D eigenvalue weighted by atomic mass is 9.98. The molecule has 0 radical (unpaired) electrons. The van der Waals surface area contributed by atoms with Gasteiger partial charge in [-0.15, -0.1) is 0 Å². The lowest BCUT2D eigenvalue weighted by Crippen LogP contribution is -2.19. The molecule has 0 saturated heterocycles. The van der Waals surface area contributed by atoms with Crippen LogP contribution in [-0.2, 0) is 0 Å². The highest BCUT2D eigenvalue weighted by molar-refractivity contribution is 6.31. The summed E-state index contributed by atoms with van der Waals surface area (Å²) in [6.45, 7) is 4.12. The molecule has 0 unspecified atom stereocenters. The van der Waals surface area contributed by atoms with E-state index >= 15 is 0 Å². The third-order valence-electron chi connectivity index (χ3n) is 3.04. The Morgan fingerprint density at radius 1 is 1.38 bits per heavy atom. The fourth-order valence-electron chi connectivity index (χ4n) is 2.13. The van der Waals surface area contributed by atoms with Gasteiger partial charge in [-0.2, -0.15) is 5.10 Å². The van der Waals surface area contributed by atoms with E-state index in [4.69, 9.17) is 16.3 Å². The van der Waals surface area contributed by atoms with E-state index in [1.807, 2.05) is 0 Å².